The number of anilines is 1. The van der Waals surface area contributed by atoms with Gasteiger partial charge in [0.2, 0.25) is 5.95 Å². The van der Waals surface area contributed by atoms with E-state index in [0.29, 0.717) is 18.2 Å². The summed E-state index contributed by atoms with van der Waals surface area (Å²) in [6, 6.07) is 4.03. The van der Waals surface area contributed by atoms with Crippen LogP contribution < -0.4 is 16.4 Å². The Bertz CT molecular complexity index is 734. The second kappa shape index (κ2) is 6.94. The minimum absolute atomic E-state index is 0.257. The number of benzene rings is 1. The van der Waals surface area contributed by atoms with Crippen molar-refractivity contribution in [2.75, 3.05) is 12.5 Å². The number of aromatic amines is 1. The topological polar surface area (TPSA) is 73.9 Å². The Morgan fingerprint density at radius 3 is 2.73 bits per heavy atom. The van der Waals surface area contributed by atoms with Gasteiger partial charge in [0.1, 0.15) is 13.0 Å². The molecule has 1 aromatic carbocycles. The molecule has 0 aliphatic carbocycles. The standard InChI is InChI=1S/C14H18BClN5O/c1-8-10(5-11(15-3)6-12(8)16)7-21(4)20-14-17-13(22)9(2)18-19-14/h5-6H,7H2,1-4H3,(H2,17,19,20,22). The molecule has 0 saturated heterocycles. The molecule has 0 fully saturated rings. The highest BCUT2D eigenvalue weighted by molar-refractivity contribution is 6.52. The van der Waals surface area contributed by atoms with Gasteiger partial charge in [0.25, 0.3) is 5.56 Å². The van der Waals surface area contributed by atoms with Crippen molar-refractivity contribution in [3.63, 3.8) is 0 Å². The molecule has 2 rings (SSSR count). The number of hydrazine groups is 1. The number of halogens is 1. The van der Waals surface area contributed by atoms with Crippen LogP contribution in [0.25, 0.3) is 0 Å². The van der Waals surface area contributed by atoms with Crippen molar-refractivity contribution in [1.82, 2.24) is 20.2 Å². The second-order valence-corrected chi connectivity index (χ2v) is 5.54. The lowest BCUT2D eigenvalue weighted by Crippen LogP contribution is -2.29. The summed E-state index contributed by atoms with van der Waals surface area (Å²) >= 11 is 6.25. The van der Waals surface area contributed by atoms with Gasteiger partial charge >= 0.3 is 0 Å². The van der Waals surface area contributed by atoms with E-state index in [1.54, 1.807) is 6.92 Å². The van der Waals surface area contributed by atoms with E-state index in [1.807, 2.05) is 39.1 Å². The highest BCUT2D eigenvalue weighted by Crippen LogP contribution is 2.18. The third-order valence-corrected chi connectivity index (χ3v) is 3.76. The first-order chi connectivity index (χ1) is 10.4. The molecule has 22 heavy (non-hydrogen) atoms. The van der Waals surface area contributed by atoms with Gasteiger partial charge in [-0.3, -0.25) is 15.2 Å². The van der Waals surface area contributed by atoms with Crippen LogP contribution in [0.5, 0.6) is 0 Å². The molecule has 0 amide bonds. The van der Waals surface area contributed by atoms with Gasteiger partial charge in [0, 0.05) is 18.6 Å². The first kappa shape index (κ1) is 16.5. The Balaban J connectivity index is 2.14. The number of hydrogen-bond acceptors (Lipinski definition) is 5. The van der Waals surface area contributed by atoms with Crippen LogP contribution in [0.4, 0.5) is 5.95 Å². The van der Waals surface area contributed by atoms with Gasteiger partial charge in [-0.1, -0.05) is 30.0 Å². The Morgan fingerprint density at radius 2 is 2.09 bits per heavy atom. The highest BCUT2D eigenvalue weighted by atomic mass is 35.5. The lowest BCUT2D eigenvalue weighted by atomic mass is 9.72. The zero-order valence-electron chi connectivity index (χ0n) is 13.1. The Morgan fingerprint density at radius 1 is 1.36 bits per heavy atom. The van der Waals surface area contributed by atoms with Crippen molar-refractivity contribution >= 4 is 30.3 Å². The van der Waals surface area contributed by atoms with E-state index in [4.69, 9.17) is 11.6 Å². The lowest BCUT2D eigenvalue weighted by Gasteiger charge is -2.20. The van der Waals surface area contributed by atoms with Crippen LogP contribution in [0, 0.1) is 13.8 Å². The number of aryl methyl sites for hydroxylation is 1. The average Bonchev–Trinajstić information content (AvgIpc) is 2.47. The molecule has 2 N–H and O–H groups in total. The fourth-order valence-electron chi connectivity index (χ4n) is 2.01. The number of H-pyrrole nitrogens is 1. The molecular formula is C14H18BClN5O. The first-order valence-corrected chi connectivity index (χ1v) is 7.28. The fraction of sp³-hybridized carbons (Fsp3) is 0.357. The van der Waals surface area contributed by atoms with Gasteiger partial charge < -0.3 is 0 Å². The van der Waals surface area contributed by atoms with E-state index >= 15 is 0 Å². The van der Waals surface area contributed by atoms with Gasteiger partial charge in [-0.05, 0) is 31.0 Å². The van der Waals surface area contributed by atoms with Gasteiger partial charge in [-0.15, -0.1) is 10.2 Å². The summed E-state index contributed by atoms with van der Waals surface area (Å²) in [4.78, 5) is 14.2. The van der Waals surface area contributed by atoms with Crippen LogP contribution >= 0.6 is 11.6 Å². The summed E-state index contributed by atoms with van der Waals surface area (Å²) in [6.07, 6.45) is 0. The SMILES string of the molecule is C[B]c1cc(Cl)c(C)c(CN(C)Nc2nnc(C)c(=O)[nH]2)c1. The molecule has 2 aromatic rings. The van der Waals surface area contributed by atoms with Crippen LogP contribution in [-0.4, -0.2) is 34.5 Å². The van der Waals surface area contributed by atoms with Crippen LogP contribution in [-0.2, 0) is 6.54 Å². The van der Waals surface area contributed by atoms with Crippen molar-refractivity contribution in [3.8, 4) is 0 Å². The number of rotatable bonds is 5. The van der Waals surface area contributed by atoms with E-state index in [1.165, 1.54) is 0 Å². The molecule has 0 aliphatic heterocycles. The lowest BCUT2D eigenvalue weighted by molar-refractivity contribution is 0.389. The molecule has 0 unspecified atom stereocenters. The van der Waals surface area contributed by atoms with E-state index < -0.39 is 0 Å². The summed E-state index contributed by atoms with van der Waals surface area (Å²) < 4.78 is 0. The normalized spacial score (nSPS) is 10.8. The molecule has 1 radical (unpaired) electrons. The summed E-state index contributed by atoms with van der Waals surface area (Å²) in [5.41, 5.74) is 6.27. The zero-order valence-corrected chi connectivity index (χ0v) is 13.8. The first-order valence-electron chi connectivity index (χ1n) is 6.90. The molecule has 6 nitrogen and oxygen atoms in total. The largest absolute Gasteiger partial charge is 0.289 e. The molecule has 0 aliphatic rings. The van der Waals surface area contributed by atoms with Crippen LogP contribution in [0.1, 0.15) is 16.8 Å². The van der Waals surface area contributed by atoms with Crippen LogP contribution in [0.2, 0.25) is 11.8 Å². The maximum atomic E-state index is 11.5. The molecule has 1 heterocycles. The van der Waals surface area contributed by atoms with Crippen molar-refractivity contribution in [1.29, 1.82) is 0 Å². The van der Waals surface area contributed by atoms with E-state index in [2.05, 4.69) is 26.7 Å². The average molecular weight is 319 g/mol. The molecule has 0 bridgehead atoms. The summed E-state index contributed by atoms with van der Waals surface area (Å²) in [7, 11) is 3.86. The van der Waals surface area contributed by atoms with Gasteiger partial charge in [-0.2, -0.15) is 0 Å². The maximum absolute atomic E-state index is 11.5. The molecule has 0 atom stereocenters. The van der Waals surface area contributed by atoms with Crippen molar-refractivity contribution in [3.05, 3.63) is 44.3 Å². The summed E-state index contributed by atoms with van der Waals surface area (Å²) in [5, 5.41) is 10.2. The van der Waals surface area contributed by atoms with Crippen LogP contribution in [0.15, 0.2) is 16.9 Å². The van der Waals surface area contributed by atoms with Gasteiger partial charge in [-0.25, -0.2) is 5.01 Å². The number of hydrogen-bond donors (Lipinski definition) is 2. The van der Waals surface area contributed by atoms with Crippen molar-refractivity contribution < 1.29 is 0 Å². The quantitative estimate of drug-likeness (QED) is 0.641. The predicted molar refractivity (Wildman–Crippen MR) is 89.9 cm³/mol. The molecule has 0 spiro atoms. The smallest absolute Gasteiger partial charge is 0.274 e. The molecular weight excluding hydrogens is 300 g/mol. The molecule has 0 saturated carbocycles. The van der Waals surface area contributed by atoms with Crippen molar-refractivity contribution in [2.45, 2.75) is 27.2 Å². The number of nitrogens with one attached hydrogen (secondary N) is 2. The minimum atomic E-state index is -0.257. The fourth-order valence-corrected chi connectivity index (χ4v) is 2.26. The monoisotopic (exact) mass is 318 g/mol. The van der Waals surface area contributed by atoms with Gasteiger partial charge in [0.15, 0.2) is 0 Å². The number of aromatic nitrogens is 3. The molecule has 1 aromatic heterocycles. The molecule has 115 valence electrons. The maximum Gasteiger partial charge on any atom is 0.274 e. The third-order valence-electron chi connectivity index (χ3n) is 3.37. The Kier molecular flexibility index (Phi) is 5.21. The highest BCUT2D eigenvalue weighted by Gasteiger charge is 2.09. The predicted octanol–water partition coefficient (Wildman–Crippen LogP) is 1.27. The zero-order chi connectivity index (χ0) is 16.3. The minimum Gasteiger partial charge on any atom is -0.289 e. The van der Waals surface area contributed by atoms with E-state index in [0.717, 1.165) is 21.6 Å². The second-order valence-electron chi connectivity index (χ2n) is 5.13. The van der Waals surface area contributed by atoms with E-state index in [-0.39, 0.29) is 5.56 Å². The Labute approximate surface area is 135 Å². The summed E-state index contributed by atoms with van der Waals surface area (Å²) in [5.74, 6) is 0.306. The van der Waals surface area contributed by atoms with E-state index in [9.17, 15) is 4.79 Å². The third kappa shape index (κ3) is 3.87. The summed E-state index contributed by atoms with van der Waals surface area (Å²) in [6.45, 7) is 6.17. The molecule has 8 heteroatoms. The Hall–Kier alpha value is -1.86. The van der Waals surface area contributed by atoms with Crippen molar-refractivity contribution in [2.24, 2.45) is 0 Å². The number of nitrogens with zero attached hydrogens (tertiary/aromatic N) is 3. The van der Waals surface area contributed by atoms with Crippen LogP contribution in [0.3, 0.4) is 0 Å². The van der Waals surface area contributed by atoms with Gasteiger partial charge in [0.05, 0.1) is 0 Å².